The molecule has 8 heteroatoms. The van der Waals surface area contributed by atoms with E-state index >= 15 is 0 Å². The van der Waals surface area contributed by atoms with Crippen LogP contribution in [-0.2, 0) is 13.0 Å². The largest absolute Gasteiger partial charge is 0.328 e. The van der Waals surface area contributed by atoms with Crippen LogP contribution in [0.5, 0.6) is 0 Å². The summed E-state index contributed by atoms with van der Waals surface area (Å²) in [5, 5.41) is 14.3. The second-order valence-corrected chi connectivity index (χ2v) is 10.6. The summed E-state index contributed by atoms with van der Waals surface area (Å²) in [5.41, 5.74) is 5.00. The number of unbranched alkanes of at least 4 members (excludes halogenated alkanes) is 1. The minimum absolute atomic E-state index is 0.103. The molecule has 0 aliphatic heterocycles. The summed E-state index contributed by atoms with van der Waals surface area (Å²) < 4.78 is 4.01. The summed E-state index contributed by atoms with van der Waals surface area (Å²) in [6.45, 7) is 7.31. The Morgan fingerprint density at radius 2 is 1.78 bits per heavy atom. The predicted molar refractivity (Wildman–Crippen MR) is 145 cm³/mol. The van der Waals surface area contributed by atoms with Crippen LogP contribution in [0.4, 0.5) is 0 Å². The number of H-pyrrole nitrogens is 1. The Kier molecular flexibility index (Phi) is 7.63. The number of nitrogens with zero attached hydrogens (tertiary/aromatic N) is 6. The molecule has 1 fully saturated rings. The van der Waals surface area contributed by atoms with Gasteiger partial charge in [0.2, 0.25) is 0 Å². The van der Waals surface area contributed by atoms with E-state index in [1.807, 2.05) is 41.1 Å². The van der Waals surface area contributed by atoms with Crippen molar-refractivity contribution in [2.24, 2.45) is 11.8 Å². The molecule has 2 atom stereocenters. The van der Waals surface area contributed by atoms with Gasteiger partial charge in [-0.25, -0.2) is 9.89 Å². The molecule has 8 nitrogen and oxygen atoms in total. The Morgan fingerprint density at radius 3 is 2.43 bits per heavy atom. The second-order valence-electron chi connectivity index (χ2n) is 10.6. The normalized spacial score (nSPS) is 20.1. The molecule has 37 heavy (non-hydrogen) atoms. The van der Waals surface area contributed by atoms with E-state index in [4.69, 9.17) is 4.98 Å². The fraction of sp³-hybridized carbons (Fsp3) is 0.483. The van der Waals surface area contributed by atoms with Crippen molar-refractivity contribution in [1.82, 2.24) is 34.7 Å². The maximum absolute atomic E-state index is 13.8. The number of imidazole rings is 1. The van der Waals surface area contributed by atoms with Crippen molar-refractivity contribution >= 4 is 0 Å². The summed E-state index contributed by atoms with van der Waals surface area (Å²) >= 11 is 0. The summed E-state index contributed by atoms with van der Waals surface area (Å²) in [7, 11) is 0. The lowest BCUT2D eigenvalue weighted by molar-refractivity contribution is 0.252. The SMILES string of the molecule is CCCCc1cn(C2C(C)CCCCC2C)c(=O)n1Cc1ccc(-c2ccccc2-c2nnn[nH]2)cn1. The molecule has 3 heterocycles. The van der Waals surface area contributed by atoms with Gasteiger partial charge >= 0.3 is 5.69 Å². The number of rotatable bonds is 8. The zero-order valence-corrected chi connectivity index (χ0v) is 22.1. The van der Waals surface area contributed by atoms with E-state index in [-0.39, 0.29) is 11.7 Å². The smallest absolute Gasteiger partial charge is 0.295 e. The van der Waals surface area contributed by atoms with Gasteiger partial charge in [-0.3, -0.25) is 14.1 Å². The first-order valence-corrected chi connectivity index (χ1v) is 13.7. The summed E-state index contributed by atoms with van der Waals surface area (Å²) in [5.74, 6) is 1.62. The molecule has 0 spiro atoms. The number of aromatic nitrogens is 7. The lowest BCUT2D eigenvalue weighted by Gasteiger charge is -2.27. The van der Waals surface area contributed by atoms with E-state index in [0.29, 0.717) is 24.2 Å². The van der Waals surface area contributed by atoms with Crippen LogP contribution in [0.25, 0.3) is 22.5 Å². The van der Waals surface area contributed by atoms with Crippen molar-refractivity contribution in [3.63, 3.8) is 0 Å². The van der Waals surface area contributed by atoms with E-state index in [1.54, 1.807) is 0 Å². The minimum Gasteiger partial charge on any atom is -0.295 e. The zero-order valence-electron chi connectivity index (χ0n) is 22.1. The molecule has 1 aliphatic carbocycles. The molecular weight excluding hydrogens is 462 g/mol. The van der Waals surface area contributed by atoms with Crippen molar-refractivity contribution in [3.8, 4) is 22.5 Å². The van der Waals surface area contributed by atoms with Crippen LogP contribution >= 0.6 is 0 Å². The van der Waals surface area contributed by atoms with Crippen molar-refractivity contribution in [1.29, 1.82) is 0 Å². The number of pyridine rings is 1. The van der Waals surface area contributed by atoms with Crippen LogP contribution in [0.3, 0.4) is 0 Å². The fourth-order valence-corrected chi connectivity index (χ4v) is 5.93. The average Bonchev–Trinajstić information content (AvgIpc) is 3.51. The molecule has 2 unspecified atom stereocenters. The number of nitrogens with one attached hydrogen (secondary N) is 1. The molecule has 1 aliphatic rings. The summed E-state index contributed by atoms with van der Waals surface area (Å²) in [6.07, 6.45) is 12.0. The first kappa shape index (κ1) is 25.1. The van der Waals surface area contributed by atoms with E-state index in [1.165, 1.54) is 25.7 Å². The number of benzene rings is 1. The van der Waals surface area contributed by atoms with Gasteiger partial charge in [0.25, 0.3) is 0 Å². The van der Waals surface area contributed by atoms with Gasteiger partial charge in [-0.05, 0) is 59.6 Å². The molecule has 0 radical (unpaired) electrons. The van der Waals surface area contributed by atoms with Crippen LogP contribution < -0.4 is 5.69 Å². The minimum atomic E-state index is 0.103. The highest BCUT2D eigenvalue weighted by Gasteiger charge is 2.30. The number of tetrazole rings is 1. The van der Waals surface area contributed by atoms with Gasteiger partial charge in [-0.2, -0.15) is 0 Å². The molecular formula is C29H37N7O. The van der Waals surface area contributed by atoms with E-state index in [9.17, 15) is 4.79 Å². The van der Waals surface area contributed by atoms with Gasteiger partial charge in [0.05, 0.1) is 12.2 Å². The Bertz CT molecular complexity index is 1340. The molecule has 0 saturated heterocycles. The molecule has 194 valence electrons. The Balaban J connectivity index is 1.45. The Hall–Kier alpha value is -3.55. The molecule has 1 aromatic carbocycles. The Labute approximate surface area is 218 Å². The first-order chi connectivity index (χ1) is 18.1. The van der Waals surface area contributed by atoms with Gasteiger partial charge in [0.1, 0.15) is 0 Å². The van der Waals surface area contributed by atoms with Crippen LogP contribution in [0.1, 0.15) is 76.7 Å². The lowest BCUT2D eigenvalue weighted by Crippen LogP contribution is -2.33. The van der Waals surface area contributed by atoms with Crippen molar-refractivity contribution in [2.75, 3.05) is 0 Å². The molecule has 5 rings (SSSR count). The quantitative estimate of drug-likeness (QED) is 0.315. The predicted octanol–water partition coefficient (Wildman–Crippen LogP) is 5.67. The third-order valence-corrected chi connectivity index (χ3v) is 7.91. The second kappa shape index (κ2) is 11.2. The maximum Gasteiger partial charge on any atom is 0.328 e. The third kappa shape index (κ3) is 5.29. The molecule has 3 aromatic heterocycles. The number of hydrogen-bond donors (Lipinski definition) is 1. The number of aromatic amines is 1. The van der Waals surface area contributed by atoms with Gasteiger partial charge < -0.3 is 0 Å². The van der Waals surface area contributed by atoms with Gasteiger partial charge in [-0.1, -0.05) is 70.4 Å². The fourth-order valence-electron chi connectivity index (χ4n) is 5.93. The molecule has 0 amide bonds. The van der Waals surface area contributed by atoms with Gasteiger partial charge in [0.15, 0.2) is 5.82 Å². The highest BCUT2D eigenvalue weighted by molar-refractivity contribution is 5.79. The van der Waals surface area contributed by atoms with Crippen molar-refractivity contribution < 1.29 is 0 Å². The highest BCUT2D eigenvalue weighted by atomic mass is 16.1. The van der Waals surface area contributed by atoms with E-state index in [2.05, 4.69) is 58.2 Å². The Morgan fingerprint density at radius 1 is 1.03 bits per heavy atom. The maximum atomic E-state index is 13.8. The van der Waals surface area contributed by atoms with Crippen molar-refractivity contribution in [2.45, 2.75) is 78.3 Å². The van der Waals surface area contributed by atoms with Crippen LogP contribution in [0.2, 0.25) is 0 Å². The molecule has 1 saturated carbocycles. The standard InChI is InChI=1S/C29H37N7O/c1-4-5-12-24-19-36(27-20(2)10-6-7-11-21(27)3)29(37)35(24)18-23-16-15-22(17-30-23)25-13-8-9-14-26(25)28-31-33-34-32-28/h8-9,13-17,19-21,27H,4-7,10-12,18H2,1-3H3,(H,31,32,33,34). The summed E-state index contributed by atoms with van der Waals surface area (Å²) in [6, 6.07) is 12.3. The number of hydrogen-bond acceptors (Lipinski definition) is 5. The van der Waals surface area contributed by atoms with Gasteiger partial charge in [0, 0.05) is 35.3 Å². The summed E-state index contributed by atoms with van der Waals surface area (Å²) in [4.78, 5) is 18.6. The molecule has 4 aromatic rings. The zero-order chi connectivity index (χ0) is 25.8. The van der Waals surface area contributed by atoms with E-state index in [0.717, 1.165) is 47.3 Å². The molecule has 0 bridgehead atoms. The first-order valence-electron chi connectivity index (χ1n) is 13.7. The molecule has 1 N–H and O–H groups in total. The topological polar surface area (TPSA) is 94.3 Å². The van der Waals surface area contributed by atoms with E-state index < -0.39 is 0 Å². The third-order valence-electron chi connectivity index (χ3n) is 7.91. The number of aryl methyl sites for hydroxylation is 1. The monoisotopic (exact) mass is 499 g/mol. The van der Waals surface area contributed by atoms with Crippen LogP contribution in [0, 0.1) is 11.8 Å². The van der Waals surface area contributed by atoms with Gasteiger partial charge in [-0.15, -0.1) is 5.10 Å². The van der Waals surface area contributed by atoms with Crippen LogP contribution in [0.15, 0.2) is 53.6 Å². The highest BCUT2D eigenvalue weighted by Crippen LogP contribution is 2.36. The van der Waals surface area contributed by atoms with Crippen molar-refractivity contribution in [3.05, 3.63) is 70.7 Å². The lowest BCUT2D eigenvalue weighted by atomic mass is 9.89. The van der Waals surface area contributed by atoms with Crippen LogP contribution in [-0.4, -0.2) is 34.7 Å². The average molecular weight is 500 g/mol.